The first-order valence-electron chi connectivity index (χ1n) is 6.88. The fourth-order valence-electron chi connectivity index (χ4n) is 2.29. The highest BCUT2D eigenvalue weighted by Crippen LogP contribution is 2.19. The van der Waals surface area contributed by atoms with Gasteiger partial charge in [0.15, 0.2) is 0 Å². The minimum Gasteiger partial charge on any atom is -0.300 e. The highest BCUT2D eigenvalue weighted by atomic mass is 35.5. The van der Waals surface area contributed by atoms with Crippen LogP contribution >= 0.6 is 11.6 Å². The van der Waals surface area contributed by atoms with Crippen LogP contribution in [0.4, 0.5) is 0 Å². The van der Waals surface area contributed by atoms with Crippen molar-refractivity contribution in [1.82, 2.24) is 14.7 Å². The Kier molecular flexibility index (Phi) is 4.83. The van der Waals surface area contributed by atoms with Crippen LogP contribution in [0.25, 0.3) is 10.9 Å². The number of nitrogens with zero attached hydrogens (tertiary/aromatic N) is 3. The molecule has 0 aliphatic carbocycles. The number of benzene rings is 1. The molecular weight excluding hydrogens is 258 g/mol. The van der Waals surface area contributed by atoms with E-state index in [-0.39, 0.29) is 5.38 Å². The standard InChI is InChI=1S/C15H22ClN3/c1-4-19-15-8-6-5-7-13(15)14(17-19)11-18(3)10-9-12(2)16/h5-8,12H,4,9-11H2,1-3H3. The van der Waals surface area contributed by atoms with Crippen molar-refractivity contribution in [3.63, 3.8) is 0 Å². The maximum atomic E-state index is 6.00. The normalized spacial score (nSPS) is 13.3. The second-order valence-corrected chi connectivity index (χ2v) is 5.83. The van der Waals surface area contributed by atoms with Gasteiger partial charge in [0.2, 0.25) is 0 Å². The van der Waals surface area contributed by atoms with Crippen LogP contribution in [0.2, 0.25) is 0 Å². The monoisotopic (exact) mass is 279 g/mol. The summed E-state index contributed by atoms with van der Waals surface area (Å²) in [4.78, 5) is 2.29. The average molecular weight is 280 g/mol. The summed E-state index contributed by atoms with van der Waals surface area (Å²) in [6.07, 6.45) is 1.00. The molecule has 2 rings (SSSR count). The molecule has 0 fully saturated rings. The number of para-hydroxylation sites is 1. The number of halogens is 1. The third-order valence-corrected chi connectivity index (χ3v) is 3.58. The van der Waals surface area contributed by atoms with Crippen LogP contribution in [0.5, 0.6) is 0 Å². The zero-order valence-corrected chi connectivity index (χ0v) is 12.7. The van der Waals surface area contributed by atoms with Crippen molar-refractivity contribution in [2.45, 2.75) is 38.7 Å². The van der Waals surface area contributed by atoms with E-state index >= 15 is 0 Å². The predicted octanol–water partition coefficient (Wildman–Crippen LogP) is 3.51. The Morgan fingerprint density at radius 3 is 2.79 bits per heavy atom. The lowest BCUT2D eigenvalue weighted by atomic mass is 10.2. The Morgan fingerprint density at radius 1 is 1.37 bits per heavy atom. The maximum Gasteiger partial charge on any atom is 0.0843 e. The molecule has 1 aromatic carbocycles. The van der Waals surface area contributed by atoms with Gasteiger partial charge in [-0.25, -0.2) is 0 Å². The van der Waals surface area contributed by atoms with E-state index in [1.807, 2.05) is 6.92 Å². The molecule has 3 nitrogen and oxygen atoms in total. The number of rotatable bonds is 6. The van der Waals surface area contributed by atoms with E-state index < -0.39 is 0 Å². The first kappa shape index (κ1) is 14.4. The van der Waals surface area contributed by atoms with Crippen LogP contribution in [0.15, 0.2) is 24.3 Å². The topological polar surface area (TPSA) is 21.1 Å². The van der Waals surface area contributed by atoms with Gasteiger partial charge >= 0.3 is 0 Å². The first-order chi connectivity index (χ1) is 9.11. The highest BCUT2D eigenvalue weighted by Gasteiger charge is 2.11. The van der Waals surface area contributed by atoms with Gasteiger partial charge in [-0.15, -0.1) is 11.6 Å². The SMILES string of the molecule is CCn1nc(CN(C)CCC(C)Cl)c2ccccc21. The lowest BCUT2D eigenvalue weighted by Gasteiger charge is -2.16. The van der Waals surface area contributed by atoms with Crippen molar-refractivity contribution in [2.24, 2.45) is 0 Å². The van der Waals surface area contributed by atoms with Gasteiger partial charge < -0.3 is 4.90 Å². The van der Waals surface area contributed by atoms with Gasteiger partial charge in [0.25, 0.3) is 0 Å². The zero-order valence-electron chi connectivity index (χ0n) is 11.9. The molecule has 0 N–H and O–H groups in total. The van der Waals surface area contributed by atoms with E-state index in [4.69, 9.17) is 16.7 Å². The number of hydrogen-bond donors (Lipinski definition) is 0. The van der Waals surface area contributed by atoms with Crippen molar-refractivity contribution in [1.29, 1.82) is 0 Å². The van der Waals surface area contributed by atoms with Crippen LogP contribution in [-0.2, 0) is 13.1 Å². The lowest BCUT2D eigenvalue weighted by molar-refractivity contribution is 0.317. The number of aromatic nitrogens is 2. The van der Waals surface area contributed by atoms with Crippen molar-refractivity contribution < 1.29 is 0 Å². The minimum absolute atomic E-state index is 0.229. The summed E-state index contributed by atoms with van der Waals surface area (Å²) in [6, 6.07) is 8.44. The summed E-state index contributed by atoms with van der Waals surface area (Å²) in [5.41, 5.74) is 2.38. The Bertz CT molecular complexity index is 533. The second-order valence-electron chi connectivity index (χ2n) is 5.09. The van der Waals surface area contributed by atoms with Gasteiger partial charge in [-0.1, -0.05) is 18.2 Å². The van der Waals surface area contributed by atoms with Gasteiger partial charge in [-0.2, -0.15) is 5.10 Å². The summed E-state index contributed by atoms with van der Waals surface area (Å²) < 4.78 is 2.07. The maximum absolute atomic E-state index is 6.00. The van der Waals surface area contributed by atoms with Crippen LogP contribution in [0.1, 0.15) is 26.0 Å². The van der Waals surface area contributed by atoms with Crippen LogP contribution in [-0.4, -0.2) is 33.6 Å². The van der Waals surface area contributed by atoms with E-state index in [2.05, 4.69) is 47.8 Å². The van der Waals surface area contributed by atoms with Gasteiger partial charge in [0, 0.05) is 23.9 Å². The third kappa shape index (κ3) is 3.48. The van der Waals surface area contributed by atoms with Crippen molar-refractivity contribution >= 4 is 22.5 Å². The minimum atomic E-state index is 0.229. The molecule has 104 valence electrons. The summed E-state index contributed by atoms with van der Waals surface area (Å²) in [6.45, 7) is 6.94. The van der Waals surface area contributed by atoms with E-state index in [0.717, 1.165) is 31.7 Å². The molecule has 0 aliphatic rings. The average Bonchev–Trinajstić information content (AvgIpc) is 2.75. The largest absolute Gasteiger partial charge is 0.300 e. The molecule has 0 saturated carbocycles. The summed E-state index contributed by atoms with van der Waals surface area (Å²) in [5.74, 6) is 0. The van der Waals surface area contributed by atoms with E-state index in [0.29, 0.717) is 0 Å². The lowest BCUT2D eigenvalue weighted by Crippen LogP contribution is -2.21. The Balaban J connectivity index is 2.16. The Labute approximate surface area is 120 Å². The van der Waals surface area contributed by atoms with Crippen molar-refractivity contribution in [2.75, 3.05) is 13.6 Å². The number of alkyl halides is 1. The molecule has 19 heavy (non-hydrogen) atoms. The Hall–Kier alpha value is -1.06. The highest BCUT2D eigenvalue weighted by molar-refractivity contribution is 6.20. The molecule has 0 aliphatic heterocycles. The molecular formula is C15H22ClN3. The molecule has 0 amide bonds. The molecule has 4 heteroatoms. The molecule has 1 atom stereocenters. The number of fused-ring (bicyclic) bond motifs is 1. The van der Waals surface area contributed by atoms with Crippen LogP contribution in [0, 0.1) is 0 Å². The predicted molar refractivity (Wildman–Crippen MR) is 81.7 cm³/mol. The number of aryl methyl sites for hydroxylation is 1. The fourth-order valence-corrected chi connectivity index (χ4v) is 2.38. The second kappa shape index (κ2) is 6.40. The molecule has 1 heterocycles. The smallest absolute Gasteiger partial charge is 0.0843 e. The van der Waals surface area contributed by atoms with Crippen molar-refractivity contribution in [3.05, 3.63) is 30.0 Å². The Morgan fingerprint density at radius 2 is 2.11 bits per heavy atom. The van der Waals surface area contributed by atoms with Crippen LogP contribution < -0.4 is 0 Å². The van der Waals surface area contributed by atoms with Gasteiger partial charge in [-0.3, -0.25) is 4.68 Å². The molecule has 0 spiro atoms. The van der Waals surface area contributed by atoms with Crippen molar-refractivity contribution in [3.8, 4) is 0 Å². The summed E-state index contributed by atoms with van der Waals surface area (Å²) in [5, 5.41) is 6.21. The first-order valence-corrected chi connectivity index (χ1v) is 7.32. The fraction of sp³-hybridized carbons (Fsp3) is 0.533. The molecule has 2 aromatic rings. The third-order valence-electron chi connectivity index (χ3n) is 3.36. The van der Waals surface area contributed by atoms with Gasteiger partial charge in [-0.05, 0) is 39.9 Å². The quantitative estimate of drug-likeness (QED) is 0.755. The number of hydrogen-bond acceptors (Lipinski definition) is 2. The summed E-state index contributed by atoms with van der Waals surface area (Å²) in [7, 11) is 2.12. The van der Waals surface area contributed by atoms with E-state index in [1.165, 1.54) is 10.9 Å². The summed E-state index contributed by atoms with van der Waals surface area (Å²) >= 11 is 6.00. The molecule has 0 bridgehead atoms. The molecule has 1 aromatic heterocycles. The molecule has 0 radical (unpaired) electrons. The van der Waals surface area contributed by atoms with Gasteiger partial charge in [0.1, 0.15) is 0 Å². The van der Waals surface area contributed by atoms with E-state index in [1.54, 1.807) is 0 Å². The van der Waals surface area contributed by atoms with E-state index in [9.17, 15) is 0 Å². The molecule has 0 saturated heterocycles. The molecule has 1 unspecified atom stereocenters. The zero-order chi connectivity index (χ0) is 13.8. The van der Waals surface area contributed by atoms with Crippen LogP contribution in [0.3, 0.4) is 0 Å². The van der Waals surface area contributed by atoms with Gasteiger partial charge in [0.05, 0.1) is 11.2 Å².